The number of hydrogen-bond acceptors (Lipinski definition) is 4. The Morgan fingerprint density at radius 2 is 2.15 bits per heavy atom. The SMILES string of the molecule is COC(=O)Cc1ccccc1OC1(C)CCCN(C)C1. The number of carbonyl (C=O) groups excluding carboxylic acids is 1. The van der Waals surface area contributed by atoms with Crippen LogP contribution in [0.25, 0.3) is 0 Å². The predicted octanol–water partition coefficient (Wildman–Crippen LogP) is 2.27. The van der Waals surface area contributed by atoms with Gasteiger partial charge in [0.25, 0.3) is 0 Å². The predicted molar refractivity (Wildman–Crippen MR) is 77.9 cm³/mol. The van der Waals surface area contributed by atoms with Crippen molar-refractivity contribution in [3.8, 4) is 5.75 Å². The van der Waals surface area contributed by atoms with Crippen molar-refractivity contribution in [2.24, 2.45) is 0 Å². The summed E-state index contributed by atoms with van der Waals surface area (Å²) in [7, 11) is 3.52. The summed E-state index contributed by atoms with van der Waals surface area (Å²) in [6.07, 6.45) is 2.41. The maximum Gasteiger partial charge on any atom is 0.310 e. The molecule has 0 spiro atoms. The molecule has 1 atom stereocenters. The molecule has 1 unspecified atom stereocenters. The summed E-state index contributed by atoms with van der Waals surface area (Å²) in [4.78, 5) is 13.8. The number of esters is 1. The van der Waals surface area contributed by atoms with E-state index >= 15 is 0 Å². The number of carbonyl (C=O) groups is 1. The van der Waals surface area contributed by atoms with E-state index in [-0.39, 0.29) is 18.0 Å². The van der Waals surface area contributed by atoms with Gasteiger partial charge in [0.2, 0.25) is 0 Å². The molecule has 4 nitrogen and oxygen atoms in total. The van der Waals surface area contributed by atoms with Crippen molar-refractivity contribution in [3.63, 3.8) is 0 Å². The van der Waals surface area contributed by atoms with Gasteiger partial charge in [0.1, 0.15) is 11.4 Å². The molecule has 1 aromatic rings. The molecule has 4 heteroatoms. The van der Waals surface area contributed by atoms with E-state index in [1.807, 2.05) is 24.3 Å². The Hall–Kier alpha value is -1.55. The normalized spacial score (nSPS) is 23.4. The molecule has 0 amide bonds. The standard InChI is InChI=1S/C16H23NO3/c1-16(9-6-10-17(2)12-16)20-14-8-5-4-7-13(14)11-15(18)19-3/h4-5,7-8H,6,9-12H2,1-3H3. The Bertz CT molecular complexity index is 475. The summed E-state index contributed by atoms with van der Waals surface area (Å²) in [6.45, 7) is 4.15. The maximum absolute atomic E-state index is 11.5. The van der Waals surface area contributed by atoms with Gasteiger partial charge < -0.3 is 14.4 Å². The van der Waals surface area contributed by atoms with Crippen molar-refractivity contribution in [2.45, 2.75) is 31.8 Å². The fraction of sp³-hybridized carbons (Fsp3) is 0.562. The highest BCUT2D eigenvalue weighted by molar-refractivity contribution is 5.73. The van der Waals surface area contributed by atoms with Gasteiger partial charge in [-0.2, -0.15) is 0 Å². The Labute approximate surface area is 120 Å². The first-order valence-corrected chi connectivity index (χ1v) is 7.05. The molecule has 0 N–H and O–H groups in total. The molecule has 1 aliphatic rings. The third-order valence-electron chi connectivity index (χ3n) is 3.74. The van der Waals surface area contributed by atoms with Crippen LogP contribution in [-0.4, -0.2) is 43.7 Å². The van der Waals surface area contributed by atoms with E-state index in [0.717, 1.165) is 37.2 Å². The minimum absolute atomic E-state index is 0.195. The third-order valence-corrected chi connectivity index (χ3v) is 3.74. The van der Waals surface area contributed by atoms with E-state index in [4.69, 9.17) is 9.47 Å². The minimum atomic E-state index is -0.244. The zero-order valence-corrected chi connectivity index (χ0v) is 12.5. The molecule has 1 aliphatic heterocycles. The van der Waals surface area contributed by atoms with Crippen LogP contribution in [0.15, 0.2) is 24.3 Å². The first kappa shape index (κ1) is 14.9. The van der Waals surface area contributed by atoms with E-state index < -0.39 is 0 Å². The van der Waals surface area contributed by atoms with Crippen molar-refractivity contribution >= 4 is 5.97 Å². The molecule has 0 bridgehead atoms. The van der Waals surface area contributed by atoms with E-state index in [9.17, 15) is 4.79 Å². The molecule has 1 saturated heterocycles. The Kier molecular flexibility index (Phi) is 4.65. The van der Waals surface area contributed by atoms with Crippen LogP contribution in [0.2, 0.25) is 0 Å². The molecule has 20 heavy (non-hydrogen) atoms. The van der Waals surface area contributed by atoms with Crippen molar-refractivity contribution in [3.05, 3.63) is 29.8 Å². The minimum Gasteiger partial charge on any atom is -0.486 e. The van der Waals surface area contributed by atoms with Crippen molar-refractivity contribution in [1.82, 2.24) is 4.90 Å². The lowest BCUT2D eigenvalue weighted by molar-refractivity contribution is -0.139. The Balaban J connectivity index is 2.14. The van der Waals surface area contributed by atoms with Crippen molar-refractivity contribution in [2.75, 3.05) is 27.2 Å². The number of nitrogens with zero attached hydrogens (tertiary/aromatic N) is 1. The van der Waals surface area contributed by atoms with Crippen LogP contribution >= 0.6 is 0 Å². The molecule has 0 saturated carbocycles. The van der Waals surface area contributed by atoms with Gasteiger partial charge in [0.15, 0.2) is 0 Å². The average molecular weight is 277 g/mol. The number of ether oxygens (including phenoxy) is 2. The zero-order chi connectivity index (χ0) is 14.6. The van der Waals surface area contributed by atoms with Crippen LogP contribution in [0, 0.1) is 0 Å². The number of likely N-dealkylation sites (tertiary alicyclic amines) is 1. The zero-order valence-electron chi connectivity index (χ0n) is 12.5. The van der Waals surface area contributed by atoms with Crippen molar-refractivity contribution < 1.29 is 14.3 Å². The fourth-order valence-corrected chi connectivity index (χ4v) is 2.78. The summed E-state index contributed by atoms with van der Waals surface area (Å²) in [5.74, 6) is 0.544. The van der Waals surface area contributed by atoms with Gasteiger partial charge in [-0.1, -0.05) is 18.2 Å². The van der Waals surface area contributed by atoms with E-state index in [1.165, 1.54) is 7.11 Å². The number of piperidine rings is 1. The quantitative estimate of drug-likeness (QED) is 0.791. The summed E-state index contributed by atoms with van der Waals surface area (Å²) in [5, 5.41) is 0. The third kappa shape index (κ3) is 3.73. The lowest BCUT2D eigenvalue weighted by atomic mass is 9.95. The second kappa shape index (κ2) is 6.27. The van der Waals surface area contributed by atoms with Crippen LogP contribution in [-0.2, 0) is 16.0 Å². The maximum atomic E-state index is 11.5. The monoisotopic (exact) mass is 277 g/mol. The summed E-state index contributed by atoms with van der Waals surface area (Å²) >= 11 is 0. The number of benzene rings is 1. The smallest absolute Gasteiger partial charge is 0.310 e. The number of hydrogen-bond donors (Lipinski definition) is 0. The molecule has 0 radical (unpaired) electrons. The lowest BCUT2D eigenvalue weighted by Gasteiger charge is -2.39. The molecular formula is C16H23NO3. The molecule has 110 valence electrons. The molecule has 0 aliphatic carbocycles. The number of methoxy groups -OCH3 is 1. The van der Waals surface area contributed by atoms with Gasteiger partial charge in [-0.3, -0.25) is 4.79 Å². The second-order valence-corrected chi connectivity index (χ2v) is 5.75. The van der Waals surface area contributed by atoms with Crippen molar-refractivity contribution in [1.29, 1.82) is 0 Å². The van der Waals surface area contributed by atoms with Crippen LogP contribution in [0.3, 0.4) is 0 Å². The van der Waals surface area contributed by atoms with E-state index in [1.54, 1.807) is 0 Å². The Morgan fingerprint density at radius 3 is 2.85 bits per heavy atom. The van der Waals surface area contributed by atoms with Gasteiger partial charge in [-0.15, -0.1) is 0 Å². The first-order chi connectivity index (χ1) is 9.52. The molecule has 0 aromatic heterocycles. The fourth-order valence-electron chi connectivity index (χ4n) is 2.78. The van der Waals surface area contributed by atoms with Crippen LogP contribution in [0.4, 0.5) is 0 Å². The lowest BCUT2D eigenvalue weighted by Crippen LogP contribution is -2.48. The van der Waals surface area contributed by atoms with Crippen LogP contribution in [0.5, 0.6) is 5.75 Å². The molecule has 1 aromatic carbocycles. The van der Waals surface area contributed by atoms with Crippen LogP contribution in [0.1, 0.15) is 25.3 Å². The number of likely N-dealkylation sites (N-methyl/N-ethyl adjacent to an activating group) is 1. The van der Waals surface area contributed by atoms with Gasteiger partial charge in [0, 0.05) is 12.1 Å². The second-order valence-electron chi connectivity index (χ2n) is 5.75. The number of para-hydroxylation sites is 1. The van der Waals surface area contributed by atoms with Crippen LogP contribution < -0.4 is 4.74 Å². The van der Waals surface area contributed by atoms with Gasteiger partial charge in [-0.25, -0.2) is 0 Å². The highest BCUT2D eigenvalue weighted by atomic mass is 16.5. The summed E-state index contributed by atoms with van der Waals surface area (Å²) in [6, 6.07) is 7.70. The summed E-state index contributed by atoms with van der Waals surface area (Å²) in [5.41, 5.74) is 0.688. The average Bonchev–Trinajstić information content (AvgIpc) is 2.40. The van der Waals surface area contributed by atoms with Gasteiger partial charge in [-0.05, 0) is 39.4 Å². The molecule has 1 fully saturated rings. The highest BCUT2D eigenvalue weighted by Gasteiger charge is 2.32. The van der Waals surface area contributed by atoms with Gasteiger partial charge >= 0.3 is 5.97 Å². The Morgan fingerprint density at radius 1 is 1.40 bits per heavy atom. The molecular weight excluding hydrogens is 254 g/mol. The van der Waals surface area contributed by atoms with Gasteiger partial charge in [0.05, 0.1) is 13.5 Å². The summed E-state index contributed by atoms with van der Waals surface area (Å²) < 4.78 is 11.0. The highest BCUT2D eigenvalue weighted by Crippen LogP contribution is 2.29. The number of rotatable bonds is 4. The molecule has 2 rings (SSSR count). The topological polar surface area (TPSA) is 38.8 Å². The first-order valence-electron chi connectivity index (χ1n) is 7.05. The van der Waals surface area contributed by atoms with E-state index in [0.29, 0.717) is 0 Å². The largest absolute Gasteiger partial charge is 0.486 e. The van der Waals surface area contributed by atoms with E-state index in [2.05, 4.69) is 18.9 Å². The molecule has 1 heterocycles.